The number of nitrogen functional groups attached to an aromatic ring is 1. The zero-order valence-electron chi connectivity index (χ0n) is 40.2. The number of anilines is 3. The van der Waals surface area contributed by atoms with Gasteiger partial charge in [-0.2, -0.15) is 0 Å². The second-order valence-electron chi connectivity index (χ2n) is 19.1. The van der Waals surface area contributed by atoms with E-state index in [0.29, 0.717) is 16.8 Å². The van der Waals surface area contributed by atoms with Crippen molar-refractivity contribution in [3.63, 3.8) is 0 Å². The molecule has 3 N–H and O–H groups in total. The molecule has 0 aliphatic heterocycles. The Balaban J connectivity index is 0.000000136. The van der Waals surface area contributed by atoms with Gasteiger partial charge in [0.25, 0.3) is 0 Å². The topological polar surface area (TPSA) is 38.0 Å². The number of rotatable bonds is 6. The van der Waals surface area contributed by atoms with Crippen LogP contribution in [0.2, 0.25) is 0 Å². The van der Waals surface area contributed by atoms with Gasteiger partial charge in [-0.15, -0.1) is 0 Å². The highest BCUT2D eigenvalue weighted by molar-refractivity contribution is 9.10. The Morgan fingerprint density at radius 2 is 0.746 bits per heavy atom. The number of nitrogens with two attached hydrogens (primary N) is 1. The molecule has 0 heterocycles. The second-order valence-corrected chi connectivity index (χ2v) is 20.0. The number of fused-ring (bicyclic) bond motifs is 6. The van der Waals surface area contributed by atoms with Crippen LogP contribution in [-0.2, 0) is 10.8 Å². The average molecular weight is 992 g/mol. The van der Waals surface area contributed by atoms with Gasteiger partial charge < -0.3 is 11.1 Å². The first-order valence-corrected chi connectivity index (χ1v) is 24.7. The van der Waals surface area contributed by atoms with E-state index in [0.717, 1.165) is 44.6 Å². The van der Waals surface area contributed by atoms with Crippen LogP contribution in [0.4, 0.5) is 25.8 Å². The molecule has 2 aliphatic carbocycles. The van der Waals surface area contributed by atoms with Crippen LogP contribution in [0.15, 0.2) is 235 Å². The van der Waals surface area contributed by atoms with E-state index >= 15 is 4.39 Å². The molecule has 0 saturated heterocycles. The fraction of sp³-hybridized carbons (Fsp3) is 0.0909. The first-order chi connectivity index (χ1) is 34.4. The molecule has 10 aromatic rings. The molecule has 0 atom stereocenters. The number of nitrogens with one attached hydrogen (secondary N) is 1. The minimum atomic E-state index is -0.365. The van der Waals surface area contributed by atoms with Crippen LogP contribution in [-0.4, -0.2) is 0 Å². The number of hydrogen-bond donors (Lipinski definition) is 2. The molecule has 348 valence electrons. The molecular weight excluding hydrogens is 939 g/mol. The summed E-state index contributed by atoms with van der Waals surface area (Å²) in [6.45, 7) is 9.10. The Bertz CT molecular complexity index is 3530. The summed E-state index contributed by atoms with van der Waals surface area (Å²) in [5.41, 5.74) is 24.7. The first kappa shape index (κ1) is 46.8. The maximum absolute atomic E-state index is 16.1. The van der Waals surface area contributed by atoms with Crippen molar-refractivity contribution >= 4 is 33.0 Å². The van der Waals surface area contributed by atoms with E-state index < -0.39 is 0 Å². The Morgan fingerprint density at radius 3 is 1.27 bits per heavy atom. The van der Waals surface area contributed by atoms with Gasteiger partial charge in [0, 0.05) is 43.2 Å². The van der Waals surface area contributed by atoms with E-state index in [1.807, 2.05) is 133 Å². The fourth-order valence-corrected chi connectivity index (χ4v) is 10.9. The van der Waals surface area contributed by atoms with Gasteiger partial charge in [0.2, 0.25) is 0 Å². The Hall–Kier alpha value is -7.86. The van der Waals surface area contributed by atoms with Crippen LogP contribution in [0, 0.1) is 11.6 Å². The lowest BCUT2D eigenvalue weighted by Gasteiger charge is -2.22. The molecule has 2 aliphatic rings. The predicted molar refractivity (Wildman–Crippen MR) is 298 cm³/mol. The predicted octanol–water partition coefficient (Wildman–Crippen LogP) is 18.7. The van der Waals surface area contributed by atoms with E-state index in [1.54, 1.807) is 6.07 Å². The molecule has 71 heavy (non-hydrogen) atoms. The zero-order chi connectivity index (χ0) is 49.3. The van der Waals surface area contributed by atoms with Gasteiger partial charge in [-0.25, -0.2) is 8.78 Å². The van der Waals surface area contributed by atoms with Crippen LogP contribution in [0.5, 0.6) is 0 Å². The average Bonchev–Trinajstić information content (AvgIpc) is 3.79. The molecule has 0 unspecified atom stereocenters. The van der Waals surface area contributed by atoms with E-state index in [-0.39, 0.29) is 28.2 Å². The van der Waals surface area contributed by atoms with E-state index in [4.69, 9.17) is 5.73 Å². The maximum Gasteiger partial charge on any atom is 0.154 e. The normalized spacial score (nSPS) is 13.0. The van der Waals surface area contributed by atoms with Gasteiger partial charge in [0.15, 0.2) is 11.6 Å². The smallest absolute Gasteiger partial charge is 0.154 e. The summed E-state index contributed by atoms with van der Waals surface area (Å²) in [5.74, 6) is -0.616. The SMILES string of the molecule is CC1(C)c2ccccc2-c2c(Br)cccc21.CC1(C)c2ccccc2-c2c(Nc3cc(-c4ccccc4)cc(-c4ccccc4)c3F)cccc21.Nc1cc(-c2ccccc2)cc(-c2ccccc2)c1F. The molecule has 0 aromatic heterocycles. The Kier molecular flexibility index (Phi) is 12.9. The summed E-state index contributed by atoms with van der Waals surface area (Å²) in [6.07, 6.45) is 0. The van der Waals surface area contributed by atoms with Crippen molar-refractivity contribution < 1.29 is 8.78 Å². The molecule has 5 heteroatoms. The third-order valence-electron chi connectivity index (χ3n) is 14.0. The summed E-state index contributed by atoms with van der Waals surface area (Å²) >= 11 is 3.67. The van der Waals surface area contributed by atoms with E-state index in [2.05, 4.69) is 140 Å². The van der Waals surface area contributed by atoms with Crippen molar-refractivity contribution in [3.8, 4) is 66.8 Å². The van der Waals surface area contributed by atoms with Crippen LogP contribution in [0.3, 0.4) is 0 Å². The van der Waals surface area contributed by atoms with Gasteiger partial charge in [0.05, 0.1) is 11.4 Å². The Morgan fingerprint density at radius 1 is 0.352 bits per heavy atom. The standard InChI is InChI=1S/C33H26FN.C18H14FN.C15H13Br/c1-33(2)27-17-10-9-16-25(27)31-28(33)18-11-19-29(31)35-30-21-24(22-12-5-3-6-13-22)20-26(32(30)34)23-14-7-4-8-15-23;19-18-16(14-9-5-2-6-10-14)11-15(12-17(18)20)13-7-3-1-4-8-13;1-15(2)11-7-4-3-6-10(11)14-12(15)8-5-9-13(14)16/h3-21,35H,1-2H3;1-12H,20H2;3-9H,1-2H3. The first-order valence-electron chi connectivity index (χ1n) is 24.0. The highest BCUT2D eigenvalue weighted by atomic mass is 79.9. The van der Waals surface area contributed by atoms with Crippen LogP contribution >= 0.6 is 15.9 Å². The largest absolute Gasteiger partial charge is 0.396 e. The summed E-state index contributed by atoms with van der Waals surface area (Å²) < 4.78 is 31.5. The minimum Gasteiger partial charge on any atom is -0.396 e. The molecule has 10 aromatic carbocycles. The molecule has 0 spiro atoms. The van der Waals surface area contributed by atoms with E-state index in [1.165, 1.54) is 43.4 Å². The lowest BCUT2D eigenvalue weighted by Crippen LogP contribution is -2.14. The fourth-order valence-electron chi connectivity index (χ4n) is 10.3. The highest BCUT2D eigenvalue weighted by Crippen LogP contribution is 2.53. The lowest BCUT2D eigenvalue weighted by atomic mass is 9.82. The molecular formula is C66H53BrF2N2. The highest BCUT2D eigenvalue weighted by Gasteiger charge is 2.37. The van der Waals surface area contributed by atoms with Crippen molar-refractivity contribution in [1.29, 1.82) is 0 Å². The summed E-state index contributed by atoms with van der Waals surface area (Å²) in [6, 6.07) is 76.6. The van der Waals surface area contributed by atoms with Gasteiger partial charge in [0.1, 0.15) is 0 Å². The van der Waals surface area contributed by atoms with Crippen molar-refractivity contribution in [2.45, 2.75) is 38.5 Å². The Labute approximate surface area is 424 Å². The second kappa shape index (κ2) is 19.5. The lowest BCUT2D eigenvalue weighted by molar-refractivity contribution is 0.635. The summed E-state index contributed by atoms with van der Waals surface area (Å²) in [4.78, 5) is 0. The number of benzene rings is 10. The van der Waals surface area contributed by atoms with Crippen LogP contribution in [0.25, 0.3) is 66.8 Å². The number of hydrogen-bond acceptors (Lipinski definition) is 2. The monoisotopic (exact) mass is 990 g/mol. The third-order valence-corrected chi connectivity index (χ3v) is 14.7. The molecule has 0 amide bonds. The van der Waals surface area contributed by atoms with Gasteiger partial charge in [-0.3, -0.25) is 0 Å². The molecule has 12 rings (SSSR count). The van der Waals surface area contributed by atoms with Gasteiger partial charge in [-0.1, -0.05) is 238 Å². The van der Waals surface area contributed by atoms with Gasteiger partial charge >= 0.3 is 0 Å². The minimum absolute atomic E-state index is 0.108. The molecule has 0 fully saturated rings. The van der Waals surface area contributed by atoms with Crippen molar-refractivity contribution in [2.24, 2.45) is 0 Å². The van der Waals surface area contributed by atoms with Crippen LogP contribution in [0.1, 0.15) is 49.9 Å². The molecule has 0 saturated carbocycles. The molecule has 2 nitrogen and oxygen atoms in total. The zero-order valence-corrected chi connectivity index (χ0v) is 41.7. The van der Waals surface area contributed by atoms with Crippen molar-refractivity contribution in [2.75, 3.05) is 11.1 Å². The van der Waals surface area contributed by atoms with Crippen molar-refractivity contribution in [1.82, 2.24) is 0 Å². The number of halogens is 3. The summed E-state index contributed by atoms with van der Waals surface area (Å²) in [7, 11) is 0. The molecule has 0 bridgehead atoms. The maximum atomic E-state index is 16.1. The quantitative estimate of drug-likeness (QED) is 0.163. The van der Waals surface area contributed by atoms with Crippen molar-refractivity contribution in [3.05, 3.63) is 269 Å². The van der Waals surface area contributed by atoms with Crippen LogP contribution < -0.4 is 11.1 Å². The summed E-state index contributed by atoms with van der Waals surface area (Å²) in [5, 5.41) is 3.50. The third kappa shape index (κ3) is 8.99. The molecule has 0 radical (unpaired) electrons. The van der Waals surface area contributed by atoms with E-state index in [9.17, 15) is 4.39 Å². The van der Waals surface area contributed by atoms with Gasteiger partial charge in [-0.05, 0) is 103 Å².